The second kappa shape index (κ2) is 16.6. The van der Waals surface area contributed by atoms with E-state index in [2.05, 4.69) is 0 Å². The topological polar surface area (TPSA) is 273 Å². The molecule has 10 unspecified atom stereocenters. The quantitative estimate of drug-likeness (QED) is 0.140. The minimum atomic E-state index is -0.616. The molecule has 6 aliphatic rings. The highest BCUT2D eigenvalue weighted by atomic mass is 16.6. The second-order valence-corrected chi connectivity index (χ2v) is 17.3. The molecule has 10 atom stereocenters. The lowest BCUT2D eigenvalue weighted by molar-refractivity contribution is 0.263. The van der Waals surface area contributed by atoms with E-state index >= 15 is 0 Å². The largest absolute Gasteiger partial charge is 0.371 e. The van der Waals surface area contributed by atoms with Crippen LogP contribution in [0.25, 0.3) is 0 Å². The van der Waals surface area contributed by atoms with Crippen LogP contribution in [-0.4, -0.2) is 115 Å². The second-order valence-electron chi connectivity index (χ2n) is 17.3. The zero-order valence-corrected chi connectivity index (χ0v) is 36.3. The van der Waals surface area contributed by atoms with E-state index in [0.717, 1.165) is 32.0 Å². The summed E-state index contributed by atoms with van der Waals surface area (Å²) in [6.07, 6.45) is 0.739. The van der Waals surface area contributed by atoms with Gasteiger partial charge in [0, 0.05) is 21.1 Å². The summed E-state index contributed by atoms with van der Waals surface area (Å²) >= 11 is 0. The van der Waals surface area contributed by atoms with Crippen molar-refractivity contribution in [1.29, 1.82) is 0 Å². The van der Waals surface area contributed by atoms with Gasteiger partial charge in [0.15, 0.2) is 0 Å². The molecule has 0 N–H and O–H groups in total. The zero-order valence-electron chi connectivity index (χ0n) is 36.3. The first-order valence-corrected chi connectivity index (χ1v) is 20.7. The molecule has 0 bridgehead atoms. The molecule has 6 fully saturated rings. The Bertz CT molecular complexity index is 2610. The van der Waals surface area contributed by atoms with Gasteiger partial charge in [-0.15, -0.1) is 0 Å². The summed E-state index contributed by atoms with van der Waals surface area (Å²) in [5.74, 6) is 0. The number of nitrogens with zero attached hydrogens (tertiary/aromatic N) is 9. The van der Waals surface area contributed by atoms with Gasteiger partial charge in [-0.25, -0.2) is 84.3 Å². The number of ether oxygens (including phenoxy) is 6. The van der Waals surface area contributed by atoms with Gasteiger partial charge in [0.2, 0.25) is 0 Å². The van der Waals surface area contributed by atoms with Crippen molar-refractivity contribution in [2.24, 2.45) is 21.1 Å². The Kier molecular flexibility index (Phi) is 12.1. The predicted octanol–water partition coefficient (Wildman–Crippen LogP) is -4.02. The molecule has 3 aromatic heterocycles. The standard InChI is InChI=1S/C14H21N3O5.2C12H17N3O5/c1-4-8(10-6-21-10)16-12(18)15(3)13(19)17(14(16)20)9(5-2)11-7-22-11;1-11(6-19-11)4-14-8(16)13(3)9(17)15(10(14)18)5-12(2)7-20-12;1-6-8(19-6)4-14-10(16)13(3)11(17)15(12(14)18)5-9-7(2)20-9/h8-11H,4-7H2,1-3H3;4-7H2,1-3H3;6-9H,4-5H2,1-3H3. The van der Waals surface area contributed by atoms with Gasteiger partial charge >= 0.3 is 51.2 Å². The van der Waals surface area contributed by atoms with Gasteiger partial charge in [-0.05, 0) is 40.5 Å². The van der Waals surface area contributed by atoms with E-state index in [1.165, 1.54) is 30.3 Å². The third-order valence-corrected chi connectivity index (χ3v) is 12.1. The van der Waals surface area contributed by atoms with Crippen molar-refractivity contribution in [3.05, 3.63) is 94.4 Å². The molecule has 24 nitrogen and oxygen atoms in total. The SMILES string of the molecule is CC1OC1Cn1c(=O)n(C)c(=O)n(CC2OC2C)c1=O.CCC(C1CO1)n1c(=O)n(C)c(=O)n(C(CC)C2CO2)c1=O.Cn1c(=O)n(CC2(C)CO2)c(=O)n(CC2(C)CO2)c1=O. The van der Waals surface area contributed by atoms with Gasteiger partial charge < -0.3 is 28.4 Å². The molecule has 6 aliphatic heterocycles. The molecule has 0 spiro atoms. The van der Waals surface area contributed by atoms with Crippen molar-refractivity contribution in [2.75, 3.05) is 26.4 Å². The lowest BCUT2D eigenvalue weighted by Gasteiger charge is -2.21. The first kappa shape index (κ1) is 45.0. The van der Waals surface area contributed by atoms with Gasteiger partial charge in [-0.1, -0.05) is 13.8 Å². The van der Waals surface area contributed by atoms with Crippen molar-refractivity contribution in [3.8, 4) is 0 Å². The van der Waals surface area contributed by atoms with E-state index < -0.39 is 62.4 Å². The lowest BCUT2D eigenvalue weighted by Crippen LogP contribution is -2.56. The Hall–Kier alpha value is -5.01. The summed E-state index contributed by atoms with van der Waals surface area (Å²) in [6.45, 7) is 13.9. The number of aromatic nitrogens is 9. The van der Waals surface area contributed by atoms with Crippen LogP contribution in [0.4, 0.5) is 0 Å². The van der Waals surface area contributed by atoms with Crippen LogP contribution < -0.4 is 51.2 Å². The number of hydrogen-bond donors (Lipinski definition) is 0. The molecular formula is C38H55N9O15. The molecule has 6 saturated heterocycles. The summed E-state index contributed by atoms with van der Waals surface area (Å²) in [7, 11) is 4.13. The van der Waals surface area contributed by atoms with Crippen molar-refractivity contribution < 1.29 is 28.4 Å². The van der Waals surface area contributed by atoms with Crippen LogP contribution in [-0.2, 0) is 75.7 Å². The van der Waals surface area contributed by atoms with Crippen LogP contribution in [0.15, 0.2) is 43.2 Å². The van der Waals surface area contributed by atoms with E-state index in [1.54, 1.807) is 0 Å². The van der Waals surface area contributed by atoms with Crippen LogP contribution in [0.5, 0.6) is 0 Å². The first-order chi connectivity index (χ1) is 29.2. The third-order valence-electron chi connectivity index (χ3n) is 12.1. The van der Waals surface area contributed by atoms with Gasteiger partial charge in [0.25, 0.3) is 0 Å². The molecule has 0 radical (unpaired) electrons. The highest BCUT2D eigenvalue weighted by Crippen LogP contribution is 2.29. The first-order valence-electron chi connectivity index (χ1n) is 20.7. The molecule has 3 aromatic rings. The fraction of sp³-hybridized carbons (Fsp3) is 0.763. The Balaban J connectivity index is 0.000000140. The summed E-state index contributed by atoms with van der Waals surface area (Å²) in [5, 5.41) is 0. The van der Waals surface area contributed by atoms with Gasteiger partial charge in [-0.3, -0.25) is 0 Å². The van der Waals surface area contributed by atoms with Gasteiger partial charge in [0.05, 0.1) is 76.9 Å². The molecule has 9 heterocycles. The average Bonchev–Trinajstić information content (AvgIpc) is 4.01. The Morgan fingerprint density at radius 2 is 0.806 bits per heavy atom. The summed E-state index contributed by atoms with van der Waals surface area (Å²) in [5.41, 5.74) is -6.35. The summed E-state index contributed by atoms with van der Waals surface area (Å²) in [4.78, 5) is 111. The number of epoxide rings is 6. The van der Waals surface area contributed by atoms with Crippen molar-refractivity contribution in [1.82, 2.24) is 41.1 Å². The average molecular weight is 878 g/mol. The zero-order chi connectivity index (χ0) is 45.3. The number of rotatable bonds is 14. The Morgan fingerprint density at radius 3 is 1.08 bits per heavy atom. The highest BCUT2D eigenvalue weighted by molar-refractivity contribution is 4.95. The fourth-order valence-corrected chi connectivity index (χ4v) is 7.42. The molecular weight excluding hydrogens is 822 g/mol. The molecule has 24 heteroatoms. The number of hydrogen-bond acceptors (Lipinski definition) is 15. The van der Waals surface area contributed by atoms with E-state index in [0.29, 0.717) is 39.3 Å². The fourth-order valence-electron chi connectivity index (χ4n) is 7.42. The molecule has 0 saturated carbocycles. The van der Waals surface area contributed by atoms with E-state index in [9.17, 15) is 43.2 Å². The predicted molar refractivity (Wildman–Crippen MR) is 216 cm³/mol. The molecule has 0 aliphatic carbocycles. The van der Waals surface area contributed by atoms with Crippen LogP contribution >= 0.6 is 0 Å². The maximum absolute atomic E-state index is 12.8. The van der Waals surface area contributed by atoms with Gasteiger partial charge in [0.1, 0.15) is 35.6 Å². The maximum Gasteiger partial charge on any atom is 0.337 e. The molecule has 9 rings (SSSR count). The van der Waals surface area contributed by atoms with Crippen molar-refractivity contribution in [3.63, 3.8) is 0 Å². The maximum atomic E-state index is 12.8. The van der Waals surface area contributed by atoms with E-state index in [-0.39, 0.29) is 74.9 Å². The minimum absolute atomic E-state index is 0.0405. The molecule has 342 valence electrons. The molecule has 0 aromatic carbocycles. The Labute approximate surface area is 351 Å². The van der Waals surface area contributed by atoms with E-state index in [1.807, 2.05) is 41.5 Å². The third kappa shape index (κ3) is 9.06. The van der Waals surface area contributed by atoms with Crippen LogP contribution in [0.1, 0.15) is 66.5 Å². The van der Waals surface area contributed by atoms with Crippen LogP contribution in [0, 0.1) is 0 Å². The van der Waals surface area contributed by atoms with Crippen molar-refractivity contribution >= 4 is 0 Å². The van der Waals surface area contributed by atoms with Crippen molar-refractivity contribution in [2.45, 2.75) is 140 Å². The summed E-state index contributed by atoms with van der Waals surface area (Å²) in [6, 6.07) is -0.675. The molecule has 0 amide bonds. The van der Waals surface area contributed by atoms with E-state index in [4.69, 9.17) is 28.4 Å². The Morgan fingerprint density at radius 1 is 0.516 bits per heavy atom. The minimum Gasteiger partial charge on any atom is -0.371 e. The normalized spacial score (nSPS) is 29.4. The van der Waals surface area contributed by atoms with Crippen LogP contribution in [0.3, 0.4) is 0 Å². The van der Waals surface area contributed by atoms with Gasteiger partial charge in [-0.2, -0.15) is 0 Å². The monoisotopic (exact) mass is 877 g/mol. The highest BCUT2D eigenvalue weighted by Gasteiger charge is 2.44. The smallest absolute Gasteiger partial charge is 0.337 e. The van der Waals surface area contributed by atoms with Crippen LogP contribution in [0.2, 0.25) is 0 Å². The summed E-state index contributed by atoms with van der Waals surface area (Å²) < 4.78 is 40.9. The molecule has 62 heavy (non-hydrogen) atoms. The lowest BCUT2D eigenvalue weighted by atomic mass is 10.1.